The Morgan fingerprint density at radius 2 is 1.70 bits per heavy atom. The number of ether oxygens (including phenoxy) is 1. The summed E-state index contributed by atoms with van der Waals surface area (Å²) < 4.78 is 5.81. The topological polar surface area (TPSA) is 46.5 Å². The van der Waals surface area contributed by atoms with Gasteiger partial charge in [0.15, 0.2) is 5.78 Å². The SMILES string of the molecule is Cc1cccc(C)c1C1=C(O)[C@H]2[C@@H](C1=O)[C@@H]1CC[C@H]2O1. The summed E-state index contributed by atoms with van der Waals surface area (Å²) in [6.07, 6.45) is 1.96. The van der Waals surface area contributed by atoms with Gasteiger partial charge in [0.2, 0.25) is 0 Å². The van der Waals surface area contributed by atoms with Gasteiger partial charge < -0.3 is 9.84 Å². The second-order valence-corrected chi connectivity index (χ2v) is 6.23. The summed E-state index contributed by atoms with van der Waals surface area (Å²) in [5.41, 5.74) is 3.57. The molecule has 4 rings (SSSR count). The number of aliphatic hydroxyl groups excluding tert-OH is 1. The molecule has 3 nitrogen and oxygen atoms in total. The lowest BCUT2D eigenvalue weighted by Crippen LogP contribution is -2.29. The van der Waals surface area contributed by atoms with E-state index < -0.39 is 0 Å². The van der Waals surface area contributed by atoms with E-state index in [2.05, 4.69) is 0 Å². The minimum Gasteiger partial charge on any atom is -0.511 e. The van der Waals surface area contributed by atoms with Crippen molar-refractivity contribution in [3.8, 4) is 0 Å². The highest BCUT2D eigenvalue weighted by Gasteiger charge is 2.59. The molecule has 1 aromatic rings. The zero-order valence-electron chi connectivity index (χ0n) is 11.7. The van der Waals surface area contributed by atoms with Crippen LogP contribution in [0.5, 0.6) is 0 Å². The Morgan fingerprint density at radius 3 is 2.30 bits per heavy atom. The van der Waals surface area contributed by atoms with E-state index in [1.54, 1.807) is 0 Å². The fourth-order valence-electron chi connectivity index (χ4n) is 4.28. The third kappa shape index (κ3) is 1.36. The molecule has 0 amide bonds. The van der Waals surface area contributed by atoms with E-state index in [4.69, 9.17) is 4.74 Å². The zero-order chi connectivity index (χ0) is 14.0. The van der Waals surface area contributed by atoms with Crippen molar-refractivity contribution >= 4 is 11.4 Å². The summed E-state index contributed by atoms with van der Waals surface area (Å²) in [6.45, 7) is 3.99. The molecule has 3 heteroatoms. The molecule has 0 saturated carbocycles. The second-order valence-electron chi connectivity index (χ2n) is 6.23. The van der Waals surface area contributed by atoms with Crippen LogP contribution in [0, 0.1) is 25.7 Å². The number of hydrogen-bond donors (Lipinski definition) is 1. The lowest BCUT2D eigenvalue weighted by Gasteiger charge is -2.19. The minimum atomic E-state index is -0.150. The first kappa shape index (κ1) is 12.2. The molecule has 1 N–H and O–H groups in total. The number of aliphatic hydroxyl groups is 1. The summed E-state index contributed by atoms with van der Waals surface area (Å²) >= 11 is 0. The van der Waals surface area contributed by atoms with Crippen LogP contribution in [-0.2, 0) is 9.53 Å². The van der Waals surface area contributed by atoms with Gasteiger partial charge in [-0.2, -0.15) is 0 Å². The quantitative estimate of drug-likeness (QED) is 0.853. The summed E-state index contributed by atoms with van der Waals surface area (Å²) in [5.74, 6) is 0.0970. The van der Waals surface area contributed by atoms with Gasteiger partial charge in [0.25, 0.3) is 0 Å². The lowest BCUT2D eigenvalue weighted by molar-refractivity contribution is -0.118. The predicted molar refractivity (Wildman–Crippen MR) is 75.3 cm³/mol. The van der Waals surface area contributed by atoms with E-state index in [9.17, 15) is 9.90 Å². The maximum absolute atomic E-state index is 12.8. The van der Waals surface area contributed by atoms with Crippen molar-refractivity contribution in [1.29, 1.82) is 0 Å². The van der Waals surface area contributed by atoms with E-state index in [0.717, 1.165) is 29.5 Å². The van der Waals surface area contributed by atoms with Crippen LogP contribution in [0.25, 0.3) is 5.57 Å². The molecule has 2 heterocycles. The van der Waals surface area contributed by atoms with Crippen LogP contribution >= 0.6 is 0 Å². The molecule has 104 valence electrons. The molecule has 1 aromatic carbocycles. The van der Waals surface area contributed by atoms with Gasteiger partial charge in [0.05, 0.1) is 29.6 Å². The standard InChI is InChI=1S/C17H18O3/c1-8-4-3-5-9(2)12(8)15-16(18)13-10-6-7-11(20-10)14(13)17(15)19/h3-5,10-11,13-14,18H,6-7H2,1-2H3/t10-,11+,13-,14+/m1/s1. The van der Waals surface area contributed by atoms with Gasteiger partial charge in [-0.25, -0.2) is 0 Å². The lowest BCUT2D eigenvalue weighted by atomic mass is 9.80. The Morgan fingerprint density at radius 1 is 1.10 bits per heavy atom. The molecular weight excluding hydrogens is 252 g/mol. The maximum Gasteiger partial charge on any atom is 0.173 e. The van der Waals surface area contributed by atoms with Gasteiger partial charge in [-0.05, 0) is 43.4 Å². The van der Waals surface area contributed by atoms with Crippen molar-refractivity contribution in [2.24, 2.45) is 11.8 Å². The Bertz CT molecular complexity index is 623. The summed E-state index contributed by atoms with van der Waals surface area (Å²) in [5, 5.41) is 10.6. The van der Waals surface area contributed by atoms with Crippen molar-refractivity contribution in [2.45, 2.75) is 38.9 Å². The monoisotopic (exact) mass is 270 g/mol. The fraction of sp³-hybridized carbons (Fsp3) is 0.471. The number of allylic oxidation sites excluding steroid dienone is 1. The van der Waals surface area contributed by atoms with Crippen LogP contribution in [0.3, 0.4) is 0 Å². The highest BCUT2D eigenvalue weighted by atomic mass is 16.5. The number of carbonyl (C=O) groups is 1. The van der Waals surface area contributed by atoms with Crippen LogP contribution in [0.15, 0.2) is 24.0 Å². The number of benzene rings is 1. The van der Waals surface area contributed by atoms with Crippen molar-refractivity contribution in [3.05, 3.63) is 40.6 Å². The van der Waals surface area contributed by atoms with Gasteiger partial charge >= 0.3 is 0 Å². The number of rotatable bonds is 1. The van der Waals surface area contributed by atoms with Crippen molar-refractivity contribution in [2.75, 3.05) is 0 Å². The first-order valence-electron chi connectivity index (χ1n) is 7.29. The van der Waals surface area contributed by atoms with Gasteiger partial charge in [0, 0.05) is 0 Å². The molecule has 2 saturated heterocycles. The van der Waals surface area contributed by atoms with Gasteiger partial charge in [-0.15, -0.1) is 0 Å². The third-order valence-corrected chi connectivity index (χ3v) is 5.13. The van der Waals surface area contributed by atoms with Crippen molar-refractivity contribution < 1.29 is 14.6 Å². The Balaban J connectivity index is 1.88. The maximum atomic E-state index is 12.8. The number of ketones is 1. The summed E-state index contributed by atoms with van der Waals surface area (Å²) in [6, 6.07) is 5.98. The first-order chi connectivity index (χ1) is 9.59. The van der Waals surface area contributed by atoms with E-state index in [-0.39, 0.29) is 35.6 Å². The number of fused-ring (bicyclic) bond motifs is 5. The summed E-state index contributed by atoms with van der Waals surface area (Å²) in [7, 11) is 0. The van der Waals surface area contributed by atoms with E-state index in [1.807, 2.05) is 32.0 Å². The van der Waals surface area contributed by atoms with Gasteiger partial charge in [-0.3, -0.25) is 4.79 Å². The molecule has 2 bridgehead atoms. The number of hydrogen-bond acceptors (Lipinski definition) is 3. The highest BCUT2D eigenvalue weighted by molar-refractivity contribution is 6.25. The van der Waals surface area contributed by atoms with Crippen LogP contribution in [-0.4, -0.2) is 23.1 Å². The smallest absolute Gasteiger partial charge is 0.173 e. The molecule has 4 atom stereocenters. The largest absolute Gasteiger partial charge is 0.511 e. The molecule has 0 aromatic heterocycles. The predicted octanol–water partition coefficient (Wildman–Crippen LogP) is 2.95. The second kappa shape index (κ2) is 3.95. The van der Waals surface area contributed by atoms with Crippen LogP contribution in [0.2, 0.25) is 0 Å². The Labute approximate surface area is 118 Å². The van der Waals surface area contributed by atoms with E-state index >= 15 is 0 Å². The average molecular weight is 270 g/mol. The van der Waals surface area contributed by atoms with E-state index in [0.29, 0.717) is 5.57 Å². The molecular formula is C17H18O3. The van der Waals surface area contributed by atoms with Crippen molar-refractivity contribution in [1.82, 2.24) is 0 Å². The minimum absolute atomic E-state index is 0.0153. The number of carbonyl (C=O) groups excluding carboxylic acids is 1. The molecule has 0 radical (unpaired) electrons. The summed E-state index contributed by atoms with van der Waals surface area (Å²) in [4.78, 5) is 12.8. The molecule has 0 unspecified atom stereocenters. The number of Topliss-reactive ketones (excluding diaryl/α,β-unsaturated/α-hetero) is 1. The zero-order valence-corrected chi connectivity index (χ0v) is 11.7. The molecule has 20 heavy (non-hydrogen) atoms. The van der Waals surface area contributed by atoms with Crippen molar-refractivity contribution in [3.63, 3.8) is 0 Å². The normalized spacial score (nSPS) is 35.0. The molecule has 1 aliphatic carbocycles. The van der Waals surface area contributed by atoms with Crippen LogP contribution < -0.4 is 0 Å². The first-order valence-corrected chi connectivity index (χ1v) is 7.29. The number of aryl methyl sites for hydroxylation is 2. The van der Waals surface area contributed by atoms with Crippen LogP contribution in [0.4, 0.5) is 0 Å². The van der Waals surface area contributed by atoms with Gasteiger partial charge in [0.1, 0.15) is 5.76 Å². The Kier molecular flexibility index (Phi) is 2.40. The molecule has 0 spiro atoms. The average Bonchev–Trinajstić information content (AvgIpc) is 3.07. The molecule has 3 aliphatic rings. The van der Waals surface area contributed by atoms with E-state index in [1.165, 1.54) is 0 Å². The molecule has 2 aliphatic heterocycles. The Hall–Kier alpha value is -1.61. The molecule has 2 fully saturated rings. The van der Waals surface area contributed by atoms with Gasteiger partial charge in [-0.1, -0.05) is 18.2 Å². The third-order valence-electron chi connectivity index (χ3n) is 5.13. The fourth-order valence-corrected chi connectivity index (χ4v) is 4.28. The van der Waals surface area contributed by atoms with Crippen LogP contribution in [0.1, 0.15) is 29.5 Å². The highest BCUT2D eigenvalue weighted by Crippen LogP contribution is 2.53.